The molecule has 0 radical (unpaired) electrons. The second kappa shape index (κ2) is 5.82. The van der Waals surface area contributed by atoms with Crippen molar-refractivity contribution in [3.05, 3.63) is 64.7 Å². The number of aryl methyl sites for hydroxylation is 1. The third-order valence-electron chi connectivity index (χ3n) is 3.85. The van der Waals surface area contributed by atoms with Crippen molar-refractivity contribution in [2.75, 3.05) is 6.61 Å². The van der Waals surface area contributed by atoms with E-state index in [-0.39, 0.29) is 12.0 Å². The minimum atomic E-state index is -0.549. The molecule has 0 spiro atoms. The summed E-state index contributed by atoms with van der Waals surface area (Å²) < 4.78 is 32.9. The van der Waals surface area contributed by atoms with E-state index in [1.807, 2.05) is 18.2 Å². The molecule has 1 aliphatic rings. The maximum Gasteiger partial charge on any atom is 0.129 e. The maximum atomic E-state index is 13.7. The van der Waals surface area contributed by atoms with Crippen LogP contribution in [0.25, 0.3) is 0 Å². The van der Waals surface area contributed by atoms with Crippen LogP contribution in [0.3, 0.4) is 0 Å². The van der Waals surface area contributed by atoms with Gasteiger partial charge >= 0.3 is 0 Å². The number of hydrogen-bond donors (Lipinski definition) is 1. The van der Waals surface area contributed by atoms with Gasteiger partial charge in [0.05, 0.1) is 6.61 Å². The fourth-order valence-electron chi connectivity index (χ4n) is 2.68. The molecule has 110 valence electrons. The number of rotatable bonds is 3. The van der Waals surface area contributed by atoms with E-state index in [0.29, 0.717) is 0 Å². The van der Waals surface area contributed by atoms with Gasteiger partial charge in [-0.25, -0.2) is 8.78 Å². The van der Waals surface area contributed by atoms with Crippen LogP contribution in [-0.4, -0.2) is 6.61 Å². The summed E-state index contributed by atoms with van der Waals surface area (Å²) in [4.78, 5) is 0. The zero-order valence-corrected chi connectivity index (χ0v) is 11.6. The first-order valence-electron chi connectivity index (χ1n) is 7.09. The molecule has 0 aliphatic carbocycles. The normalized spacial score (nSPS) is 15.2. The van der Waals surface area contributed by atoms with Gasteiger partial charge in [0.2, 0.25) is 0 Å². The first-order valence-corrected chi connectivity index (χ1v) is 7.09. The van der Waals surface area contributed by atoms with Gasteiger partial charge in [-0.3, -0.25) is 0 Å². The van der Waals surface area contributed by atoms with Crippen molar-refractivity contribution >= 4 is 0 Å². The fourth-order valence-corrected chi connectivity index (χ4v) is 2.68. The summed E-state index contributed by atoms with van der Waals surface area (Å²) in [5, 5.41) is 0. The molecule has 0 saturated heterocycles. The average Bonchev–Trinajstić information content (AvgIpc) is 2.50. The zero-order valence-electron chi connectivity index (χ0n) is 11.6. The first-order chi connectivity index (χ1) is 10.1. The molecule has 1 aliphatic heterocycles. The molecule has 1 heterocycles. The van der Waals surface area contributed by atoms with Crippen LogP contribution >= 0.6 is 0 Å². The van der Waals surface area contributed by atoms with Crippen LogP contribution in [0.2, 0.25) is 0 Å². The quantitative estimate of drug-likeness (QED) is 0.938. The van der Waals surface area contributed by atoms with E-state index in [1.165, 1.54) is 18.2 Å². The second-order valence-corrected chi connectivity index (χ2v) is 5.33. The molecule has 2 N–H and O–H groups in total. The van der Waals surface area contributed by atoms with E-state index in [4.69, 9.17) is 10.5 Å². The Hall–Kier alpha value is -1.94. The molecule has 0 saturated carbocycles. The number of halogens is 2. The van der Waals surface area contributed by atoms with Crippen LogP contribution in [0, 0.1) is 11.6 Å². The van der Waals surface area contributed by atoms with E-state index < -0.39 is 17.7 Å². The highest BCUT2D eigenvalue weighted by atomic mass is 19.1. The van der Waals surface area contributed by atoms with E-state index in [2.05, 4.69) is 0 Å². The minimum Gasteiger partial charge on any atom is -0.493 e. The molecule has 3 rings (SSSR count). The summed E-state index contributed by atoms with van der Waals surface area (Å²) >= 11 is 0. The Balaban J connectivity index is 1.84. The van der Waals surface area contributed by atoms with Crippen LogP contribution < -0.4 is 10.5 Å². The summed E-state index contributed by atoms with van der Waals surface area (Å²) in [6, 6.07) is 9.17. The summed E-state index contributed by atoms with van der Waals surface area (Å²) in [5.74, 6) is -0.215. The average molecular weight is 289 g/mol. The van der Waals surface area contributed by atoms with Crippen LogP contribution in [0.15, 0.2) is 36.4 Å². The number of nitrogens with two attached hydrogens (primary N) is 1. The van der Waals surface area contributed by atoms with Gasteiger partial charge in [0, 0.05) is 11.6 Å². The Labute approximate surface area is 122 Å². The molecule has 0 bridgehead atoms. The molecular weight excluding hydrogens is 272 g/mol. The molecule has 0 aromatic heterocycles. The van der Waals surface area contributed by atoms with E-state index in [1.54, 1.807) is 0 Å². The lowest BCUT2D eigenvalue weighted by molar-refractivity contribution is 0.288. The Morgan fingerprint density at radius 3 is 2.67 bits per heavy atom. The van der Waals surface area contributed by atoms with Gasteiger partial charge in [0.15, 0.2) is 0 Å². The van der Waals surface area contributed by atoms with Crippen molar-refractivity contribution in [1.82, 2.24) is 0 Å². The molecule has 1 unspecified atom stereocenters. The van der Waals surface area contributed by atoms with Crippen LogP contribution in [0.1, 0.15) is 29.2 Å². The molecule has 2 aromatic carbocycles. The Morgan fingerprint density at radius 1 is 1.14 bits per heavy atom. The van der Waals surface area contributed by atoms with Gasteiger partial charge in [-0.15, -0.1) is 0 Å². The van der Waals surface area contributed by atoms with Crippen LogP contribution in [0.4, 0.5) is 8.78 Å². The van der Waals surface area contributed by atoms with E-state index >= 15 is 0 Å². The van der Waals surface area contributed by atoms with Crippen molar-refractivity contribution in [1.29, 1.82) is 0 Å². The first kappa shape index (κ1) is 14.0. The highest BCUT2D eigenvalue weighted by Gasteiger charge is 2.17. The fraction of sp³-hybridized carbons (Fsp3) is 0.294. The smallest absolute Gasteiger partial charge is 0.129 e. The molecule has 21 heavy (non-hydrogen) atoms. The lowest BCUT2D eigenvalue weighted by atomic mass is 9.95. The third kappa shape index (κ3) is 2.90. The van der Waals surface area contributed by atoms with Gasteiger partial charge in [-0.2, -0.15) is 0 Å². The molecule has 1 atom stereocenters. The predicted molar refractivity (Wildman–Crippen MR) is 77.2 cm³/mol. The third-order valence-corrected chi connectivity index (χ3v) is 3.85. The summed E-state index contributed by atoms with van der Waals surface area (Å²) in [6.07, 6.45) is 2.07. The number of hydrogen-bond acceptors (Lipinski definition) is 2. The maximum absolute atomic E-state index is 13.7. The Bertz CT molecular complexity index is 637. The summed E-state index contributed by atoms with van der Waals surface area (Å²) in [5.41, 5.74) is 8.16. The molecule has 0 amide bonds. The number of ether oxygens (including phenoxy) is 1. The second-order valence-electron chi connectivity index (χ2n) is 5.33. The minimum absolute atomic E-state index is 0.0407. The van der Waals surface area contributed by atoms with E-state index in [9.17, 15) is 8.78 Å². The monoisotopic (exact) mass is 289 g/mol. The van der Waals surface area contributed by atoms with Gasteiger partial charge in [0.25, 0.3) is 0 Å². The van der Waals surface area contributed by atoms with Gasteiger partial charge in [-0.1, -0.05) is 18.2 Å². The van der Waals surface area contributed by atoms with Crippen LogP contribution in [0.5, 0.6) is 5.75 Å². The lowest BCUT2D eigenvalue weighted by Crippen LogP contribution is -2.16. The van der Waals surface area contributed by atoms with Crippen molar-refractivity contribution in [2.45, 2.75) is 25.3 Å². The van der Waals surface area contributed by atoms with Crippen LogP contribution in [-0.2, 0) is 12.8 Å². The Kier molecular flexibility index (Phi) is 3.88. The highest BCUT2D eigenvalue weighted by molar-refractivity contribution is 5.40. The predicted octanol–water partition coefficient (Wildman–Crippen LogP) is 3.53. The summed E-state index contributed by atoms with van der Waals surface area (Å²) in [7, 11) is 0. The standard InChI is InChI=1S/C17H17F2NO/c18-14-4-1-5-15(19)13(14)10-16(20)11-6-7-17-12(9-11)3-2-8-21-17/h1,4-7,9,16H,2-3,8,10,20H2. The number of benzene rings is 2. The largest absolute Gasteiger partial charge is 0.493 e. The number of fused-ring (bicyclic) bond motifs is 1. The van der Waals surface area contributed by atoms with Crippen molar-refractivity contribution < 1.29 is 13.5 Å². The molecule has 2 aromatic rings. The zero-order chi connectivity index (χ0) is 14.8. The molecule has 0 fully saturated rings. The van der Waals surface area contributed by atoms with Gasteiger partial charge in [0.1, 0.15) is 17.4 Å². The van der Waals surface area contributed by atoms with Crippen molar-refractivity contribution in [3.8, 4) is 5.75 Å². The van der Waals surface area contributed by atoms with Crippen molar-refractivity contribution in [3.63, 3.8) is 0 Å². The topological polar surface area (TPSA) is 35.2 Å². The summed E-state index contributed by atoms with van der Waals surface area (Å²) in [6.45, 7) is 0.735. The molecule has 4 heteroatoms. The lowest BCUT2D eigenvalue weighted by Gasteiger charge is -2.20. The van der Waals surface area contributed by atoms with Gasteiger partial charge in [-0.05, 0) is 48.6 Å². The highest BCUT2D eigenvalue weighted by Crippen LogP contribution is 2.29. The van der Waals surface area contributed by atoms with E-state index in [0.717, 1.165) is 36.3 Å². The van der Waals surface area contributed by atoms with Gasteiger partial charge < -0.3 is 10.5 Å². The SMILES string of the molecule is NC(Cc1c(F)cccc1F)c1ccc2c(c1)CCCO2. The molecule has 2 nitrogen and oxygen atoms in total. The molecular formula is C17H17F2NO. The van der Waals surface area contributed by atoms with Crippen molar-refractivity contribution in [2.24, 2.45) is 5.73 Å². The Morgan fingerprint density at radius 2 is 1.90 bits per heavy atom.